The number of carbonyl (C=O) groups excluding carboxylic acids is 1. The Morgan fingerprint density at radius 3 is 2.86 bits per heavy atom. The van der Waals surface area contributed by atoms with Gasteiger partial charge in [0.1, 0.15) is 6.04 Å². The summed E-state index contributed by atoms with van der Waals surface area (Å²) >= 11 is 1.46. The summed E-state index contributed by atoms with van der Waals surface area (Å²) < 4.78 is 0. The quantitative estimate of drug-likeness (QED) is 0.764. The largest absolute Gasteiger partial charge is 0.368 e. The maximum atomic E-state index is 11.1. The van der Waals surface area contributed by atoms with Crippen LogP contribution in [0.5, 0.6) is 0 Å². The fraction of sp³-hybridized carbons (Fsp3) is 0.556. The second-order valence-electron chi connectivity index (χ2n) is 3.55. The van der Waals surface area contributed by atoms with Crippen LogP contribution in [0.2, 0.25) is 0 Å². The molecule has 0 saturated heterocycles. The Balaban J connectivity index is 2.61. The molecule has 0 bridgehead atoms. The number of primary amides is 1. The van der Waals surface area contributed by atoms with E-state index in [4.69, 9.17) is 5.73 Å². The lowest BCUT2D eigenvalue weighted by Gasteiger charge is -2.14. The number of nitrogens with two attached hydrogens (primary N) is 1. The van der Waals surface area contributed by atoms with Gasteiger partial charge in [-0.25, -0.2) is 4.98 Å². The van der Waals surface area contributed by atoms with Crippen LogP contribution < -0.4 is 11.1 Å². The van der Waals surface area contributed by atoms with Crippen LogP contribution in [-0.4, -0.2) is 17.4 Å². The molecule has 1 amide bonds. The van der Waals surface area contributed by atoms with Gasteiger partial charge in [-0.1, -0.05) is 13.8 Å². The molecule has 1 heterocycles. The van der Waals surface area contributed by atoms with Gasteiger partial charge < -0.3 is 11.1 Å². The van der Waals surface area contributed by atoms with Crippen LogP contribution in [0.15, 0.2) is 10.9 Å². The van der Waals surface area contributed by atoms with Gasteiger partial charge in [0.05, 0.1) is 11.2 Å². The van der Waals surface area contributed by atoms with Gasteiger partial charge in [-0.2, -0.15) is 0 Å². The highest BCUT2D eigenvalue weighted by Crippen LogP contribution is 2.12. The summed E-state index contributed by atoms with van der Waals surface area (Å²) in [7, 11) is 0. The van der Waals surface area contributed by atoms with Gasteiger partial charge in [0.2, 0.25) is 5.91 Å². The number of amides is 1. The maximum Gasteiger partial charge on any atom is 0.240 e. The van der Waals surface area contributed by atoms with Crippen molar-refractivity contribution in [1.29, 1.82) is 0 Å². The van der Waals surface area contributed by atoms with Crippen molar-refractivity contribution in [3.8, 4) is 0 Å². The molecule has 78 valence electrons. The van der Waals surface area contributed by atoms with E-state index in [2.05, 4.69) is 24.1 Å². The van der Waals surface area contributed by atoms with Crippen LogP contribution >= 0.6 is 11.3 Å². The number of hydrogen-bond acceptors (Lipinski definition) is 4. The molecule has 0 spiro atoms. The third kappa shape index (κ3) is 3.08. The van der Waals surface area contributed by atoms with E-state index in [0.717, 1.165) is 6.54 Å². The summed E-state index contributed by atoms with van der Waals surface area (Å²) in [6.07, 6.45) is 0. The molecular weight excluding hydrogens is 198 g/mol. The predicted octanol–water partition coefficient (Wildman–Crippen LogP) is 0.915. The van der Waals surface area contributed by atoms with Crippen LogP contribution in [0.25, 0.3) is 0 Å². The Hall–Kier alpha value is -0.940. The molecule has 1 rings (SSSR count). The molecule has 0 aliphatic carbocycles. The number of nitrogens with one attached hydrogen (secondary N) is 1. The van der Waals surface area contributed by atoms with E-state index >= 15 is 0 Å². The summed E-state index contributed by atoms with van der Waals surface area (Å²) in [5, 5.41) is 4.93. The molecule has 1 aromatic heterocycles. The fourth-order valence-electron chi connectivity index (χ4n) is 1.07. The zero-order valence-corrected chi connectivity index (χ0v) is 9.17. The summed E-state index contributed by atoms with van der Waals surface area (Å²) in [4.78, 5) is 15.2. The highest BCUT2D eigenvalue weighted by Gasteiger charge is 2.18. The first-order chi connectivity index (χ1) is 6.61. The van der Waals surface area contributed by atoms with Crippen molar-refractivity contribution < 1.29 is 4.79 Å². The highest BCUT2D eigenvalue weighted by atomic mass is 32.1. The normalized spacial score (nSPS) is 13.1. The number of thiazole rings is 1. The number of aromatic nitrogens is 1. The van der Waals surface area contributed by atoms with Gasteiger partial charge in [-0.05, 0) is 12.5 Å². The molecule has 0 saturated carbocycles. The van der Waals surface area contributed by atoms with E-state index < -0.39 is 6.04 Å². The Morgan fingerprint density at radius 1 is 1.71 bits per heavy atom. The molecule has 0 radical (unpaired) electrons. The third-order valence-electron chi connectivity index (χ3n) is 1.76. The van der Waals surface area contributed by atoms with Crippen LogP contribution in [0.4, 0.5) is 0 Å². The third-order valence-corrected chi connectivity index (χ3v) is 2.37. The van der Waals surface area contributed by atoms with Crippen molar-refractivity contribution in [2.45, 2.75) is 19.9 Å². The van der Waals surface area contributed by atoms with Crippen LogP contribution in [0.1, 0.15) is 25.6 Å². The van der Waals surface area contributed by atoms with Gasteiger partial charge >= 0.3 is 0 Å². The first-order valence-corrected chi connectivity index (χ1v) is 5.46. The molecule has 0 aliphatic rings. The summed E-state index contributed by atoms with van der Waals surface area (Å²) in [5.41, 5.74) is 7.69. The summed E-state index contributed by atoms with van der Waals surface area (Å²) in [5.74, 6) is 0.104. The van der Waals surface area contributed by atoms with Gasteiger partial charge in [-0.15, -0.1) is 11.3 Å². The average molecular weight is 213 g/mol. The highest BCUT2D eigenvalue weighted by molar-refractivity contribution is 7.07. The van der Waals surface area contributed by atoms with Gasteiger partial charge in [0.25, 0.3) is 0 Å². The molecular formula is C9H15N3OS. The van der Waals surface area contributed by atoms with Crippen LogP contribution in [-0.2, 0) is 4.79 Å². The molecule has 3 N–H and O–H groups in total. The van der Waals surface area contributed by atoms with E-state index in [1.807, 2.05) is 5.38 Å². The number of nitrogens with zero attached hydrogens (tertiary/aromatic N) is 1. The molecule has 4 nitrogen and oxygen atoms in total. The zero-order chi connectivity index (χ0) is 10.6. The zero-order valence-electron chi connectivity index (χ0n) is 8.36. The Bertz CT molecular complexity index is 284. The minimum atomic E-state index is -0.455. The van der Waals surface area contributed by atoms with Crippen LogP contribution in [0.3, 0.4) is 0 Å². The predicted molar refractivity (Wildman–Crippen MR) is 56.9 cm³/mol. The number of rotatable bonds is 5. The maximum absolute atomic E-state index is 11.1. The number of hydrogen-bond donors (Lipinski definition) is 2. The van der Waals surface area contributed by atoms with Crippen molar-refractivity contribution in [2.24, 2.45) is 11.7 Å². The molecule has 0 fully saturated rings. The molecule has 5 heteroatoms. The smallest absolute Gasteiger partial charge is 0.240 e. The van der Waals surface area contributed by atoms with Crippen molar-refractivity contribution in [2.75, 3.05) is 6.54 Å². The summed E-state index contributed by atoms with van der Waals surface area (Å²) in [6.45, 7) is 4.91. The molecule has 0 aliphatic heterocycles. The van der Waals surface area contributed by atoms with E-state index in [9.17, 15) is 4.79 Å². The lowest BCUT2D eigenvalue weighted by Crippen LogP contribution is -2.35. The molecule has 14 heavy (non-hydrogen) atoms. The minimum absolute atomic E-state index is 0.378. The lowest BCUT2D eigenvalue weighted by molar-refractivity contribution is -0.120. The van der Waals surface area contributed by atoms with E-state index in [1.54, 1.807) is 5.51 Å². The van der Waals surface area contributed by atoms with E-state index in [1.165, 1.54) is 11.3 Å². The summed E-state index contributed by atoms with van der Waals surface area (Å²) in [6, 6.07) is -0.455. The molecule has 1 aromatic rings. The van der Waals surface area contributed by atoms with Crippen molar-refractivity contribution in [1.82, 2.24) is 10.3 Å². The minimum Gasteiger partial charge on any atom is -0.368 e. The van der Waals surface area contributed by atoms with Gasteiger partial charge in [0, 0.05) is 5.38 Å². The van der Waals surface area contributed by atoms with Crippen LogP contribution in [0, 0.1) is 5.92 Å². The Kier molecular flexibility index (Phi) is 4.03. The molecule has 1 unspecified atom stereocenters. The second kappa shape index (κ2) is 5.07. The van der Waals surface area contributed by atoms with Crippen molar-refractivity contribution >= 4 is 17.2 Å². The SMILES string of the molecule is CC(C)CNC(C(N)=O)c1cscn1. The molecule has 0 aromatic carbocycles. The lowest BCUT2D eigenvalue weighted by atomic mass is 10.1. The van der Waals surface area contributed by atoms with Gasteiger partial charge in [-0.3, -0.25) is 4.79 Å². The monoisotopic (exact) mass is 213 g/mol. The number of carbonyl (C=O) groups is 1. The standard InChI is InChI=1S/C9H15N3OS/c1-6(2)3-11-8(9(10)13)7-4-14-5-12-7/h4-6,8,11H,3H2,1-2H3,(H2,10,13). The first kappa shape index (κ1) is 11.1. The molecule has 1 atom stereocenters. The van der Waals surface area contributed by atoms with Crippen molar-refractivity contribution in [3.63, 3.8) is 0 Å². The fourth-order valence-corrected chi connectivity index (χ4v) is 1.65. The van der Waals surface area contributed by atoms with Gasteiger partial charge in [0.15, 0.2) is 0 Å². The Labute approximate surface area is 87.5 Å². The van der Waals surface area contributed by atoms with E-state index in [0.29, 0.717) is 11.6 Å². The second-order valence-corrected chi connectivity index (χ2v) is 4.27. The topological polar surface area (TPSA) is 68.0 Å². The average Bonchev–Trinajstić information content (AvgIpc) is 2.56. The Morgan fingerprint density at radius 2 is 2.43 bits per heavy atom. The van der Waals surface area contributed by atoms with Crippen molar-refractivity contribution in [3.05, 3.63) is 16.6 Å². The van der Waals surface area contributed by atoms with E-state index in [-0.39, 0.29) is 5.91 Å². The first-order valence-electron chi connectivity index (χ1n) is 4.52.